The number of halogens is 3. The van der Waals surface area contributed by atoms with Gasteiger partial charge in [-0.1, -0.05) is 42.5 Å². The molecule has 0 bridgehead atoms. The minimum absolute atomic E-state index is 0.426. The second kappa shape index (κ2) is 6.76. The third-order valence-electron chi connectivity index (χ3n) is 5.47. The molecule has 150 valence electrons. The van der Waals surface area contributed by atoms with Crippen LogP contribution in [0.15, 0.2) is 72.8 Å². The summed E-state index contributed by atoms with van der Waals surface area (Å²) in [4.78, 5) is 0. The number of benzene rings is 3. The van der Waals surface area contributed by atoms with Crippen LogP contribution in [0, 0.1) is 0 Å². The van der Waals surface area contributed by atoms with Gasteiger partial charge < -0.3 is 5.73 Å². The van der Waals surface area contributed by atoms with Crippen LogP contribution in [0.5, 0.6) is 0 Å². The minimum atomic E-state index is -4.54. The number of hydrogen-bond donors (Lipinski definition) is 1. The van der Waals surface area contributed by atoms with Crippen molar-refractivity contribution >= 4 is 16.5 Å². The SMILES string of the molecule is Nc1ccc(-n2nc(C(F)(F)F)cc2-c2c3c(cc4ccccc24)CC=CC3)cc1. The van der Waals surface area contributed by atoms with Gasteiger partial charge in [0.15, 0.2) is 5.69 Å². The fourth-order valence-electron chi connectivity index (χ4n) is 4.08. The van der Waals surface area contributed by atoms with E-state index in [-0.39, 0.29) is 0 Å². The maximum atomic E-state index is 13.6. The van der Waals surface area contributed by atoms with Crippen LogP contribution >= 0.6 is 0 Å². The number of alkyl halides is 3. The van der Waals surface area contributed by atoms with E-state index in [1.54, 1.807) is 24.3 Å². The molecule has 0 saturated carbocycles. The number of aromatic nitrogens is 2. The third kappa shape index (κ3) is 3.05. The molecule has 0 fully saturated rings. The van der Waals surface area contributed by atoms with Gasteiger partial charge in [0.2, 0.25) is 0 Å². The van der Waals surface area contributed by atoms with Crippen molar-refractivity contribution in [1.82, 2.24) is 9.78 Å². The molecule has 5 rings (SSSR count). The largest absolute Gasteiger partial charge is 0.435 e. The average molecular weight is 405 g/mol. The molecule has 0 atom stereocenters. The summed E-state index contributed by atoms with van der Waals surface area (Å²) in [6.45, 7) is 0. The second-order valence-corrected chi connectivity index (χ2v) is 7.41. The zero-order chi connectivity index (χ0) is 20.9. The third-order valence-corrected chi connectivity index (χ3v) is 5.47. The van der Waals surface area contributed by atoms with Gasteiger partial charge in [0.25, 0.3) is 0 Å². The van der Waals surface area contributed by atoms with E-state index < -0.39 is 11.9 Å². The number of hydrogen-bond acceptors (Lipinski definition) is 2. The zero-order valence-electron chi connectivity index (χ0n) is 15.9. The highest BCUT2D eigenvalue weighted by atomic mass is 19.4. The highest BCUT2D eigenvalue weighted by molar-refractivity contribution is 5.99. The first-order valence-corrected chi connectivity index (χ1v) is 9.64. The van der Waals surface area contributed by atoms with E-state index in [2.05, 4.69) is 23.3 Å². The summed E-state index contributed by atoms with van der Waals surface area (Å²) in [5, 5.41) is 5.86. The van der Waals surface area contributed by atoms with Gasteiger partial charge in [-0.2, -0.15) is 18.3 Å². The summed E-state index contributed by atoms with van der Waals surface area (Å²) in [6, 6.07) is 17.8. The van der Waals surface area contributed by atoms with Gasteiger partial charge >= 0.3 is 6.18 Å². The summed E-state index contributed by atoms with van der Waals surface area (Å²) in [7, 11) is 0. The Balaban J connectivity index is 1.86. The molecule has 0 spiro atoms. The molecule has 1 aliphatic carbocycles. The van der Waals surface area contributed by atoms with Crippen LogP contribution in [0.4, 0.5) is 18.9 Å². The predicted molar refractivity (Wildman–Crippen MR) is 112 cm³/mol. The standard InChI is InChI=1S/C24H18F3N3/c25-24(26,27)22-14-21(30(29-22)18-11-9-17(28)10-12-18)23-19-7-3-1-5-15(19)13-16-6-2-4-8-20(16)23/h1-5,7,9-14H,6,8,28H2. The van der Waals surface area contributed by atoms with Gasteiger partial charge in [-0.3, -0.25) is 0 Å². The van der Waals surface area contributed by atoms with Gasteiger partial charge in [-0.15, -0.1) is 0 Å². The lowest BCUT2D eigenvalue weighted by Crippen LogP contribution is -2.08. The van der Waals surface area contributed by atoms with Crippen molar-refractivity contribution in [2.75, 3.05) is 5.73 Å². The van der Waals surface area contributed by atoms with Crippen molar-refractivity contribution < 1.29 is 13.2 Å². The lowest BCUT2D eigenvalue weighted by Gasteiger charge is -2.20. The Morgan fingerprint density at radius 3 is 2.40 bits per heavy atom. The van der Waals surface area contributed by atoms with Crippen LogP contribution < -0.4 is 5.73 Å². The predicted octanol–water partition coefficient (Wildman–Crippen LogP) is 5.95. The van der Waals surface area contributed by atoms with E-state index in [9.17, 15) is 13.2 Å². The molecule has 0 radical (unpaired) electrons. The number of fused-ring (bicyclic) bond motifs is 2. The average Bonchev–Trinajstić information content (AvgIpc) is 3.18. The molecule has 1 aliphatic rings. The van der Waals surface area contributed by atoms with Crippen LogP contribution in [-0.4, -0.2) is 9.78 Å². The Hall–Kier alpha value is -3.54. The van der Waals surface area contributed by atoms with Crippen molar-refractivity contribution in [3.8, 4) is 16.9 Å². The summed E-state index contributed by atoms with van der Waals surface area (Å²) in [5.74, 6) is 0. The first-order valence-electron chi connectivity index (χ1n) is 9.64. The summed E-state index contributed by atoms with van der Waals surface area (Å²) in [5.41, 5.74) is 9.33. The molecule has 0 saturated heterocycles. The van der Waals surface area contributed by atoms with Crippen molar-refractivity contribution in [1.29, 1.82) is 0 Å². The number of allylic oxidation sites excluding steroid dienone is 2. The second-order valence-electron chi connectivity index (χ2n) is 7.41. The van der Waals surface area contributed by atoms with E-state index >= 15 is 0 Å². The van der Waals surface area contributed by atoms with Gasteiger partial charge in [-0.25, -0.2) is 4.68 Å². The van der Waals surface area contributed by atoms with Gasteiger partial charge in [-0.05, 0) is 65.1 Å². The van der Waals surface area contributed by atoms with E-state index in [4.69, 9.17) is 5.73 Å². The summed E-state index contributed by atoms with van der Waals surface area (Å²) >= 11 is 0. The molecule has 3 nitrogen and oxygen atoms in total. The van der Waals surface area contributed by atoms with Crippen LogP contribution in [-0.2, 0) is 19.0 Å². The molecule has 1 aromatic heterocycles. The fraction of sp³-hybridized carbons (Fsp3) is 0.125. The first kappa shape index (κ1) is 18.5. The van der Waals surface area contributed by atoms with Crippen molar-refractivity contribution in [3.05, 3.63) is 89.6 Å². The highest BCUT2D eigenvalue weighted by Gasteiger charge is 2.36. The number of anilines is 1. The Labute approximate surface area is 171 Å². The van der Waals surface area contributed by atoms with Gasteiger partial charge in [0.05, 0.1) is 11.4 Å². The number of nitrogens with two attached hydrogens (primary N) is 1. The number of nitrogen functional groups attached to an aromatic ring is 1. The zero-order valence-corrected chi connectivity index (χ0v) is 15.9. The molecule has 0 amide bonds. The topological polar surface area (TPSA) is 43.8 Å². The molecular formula is C24H18F3N3. The Bertz CT molecular complexity index is 1280. The van der Waals surface area contributed by atoms with Crippen LogP contribution in [0.1, 0.15) is 16.8 Å². The van der Waals surface area contributed by atoms with Crippen LogP contribution in [0.3, 0.4) is 0 Å². The molecule has 3 aromatic carbocycles. The first-order chi connectivity index (χ1) is 14.4. The number of rotatable bonds is 2. The molecule has 6 heteroatoms. The fourth-order valence-corrected chi connectivity index (χ4v) is 4.08. The van der Waals surface area contributed by atoms with Crippen molar-refractivity contribution in [2.45, 2.75) is 19.0 Å². The summed E-state index contributed by atoms with van der Waals surface area (Å²) < 4.78 is 42.2. The number of nitrogens with zero attached hydrogens (tertiary/aromatic N) is 2. The Kier molecular flexibility index (Phi) is 4.17. The molecule has 2 N–H and O–H groups in total. The van der Waals surface area contributed by atoms with Crippen molar-refractivity contribution in [2.24, 2.45) is 0 Å². The molecular weight excluding hydrogens is 387 g/mol. The van der Waals surface area contributed by atoms with E-state index in [0.717, 1.165) is 39.9 Å². The van der Waals surface area contributed by atoms with Gasteiger partial charge in [0.1, 0.15) is 0 Å². The van der Waals surface area contributed by atoms with Crippen molar-refractivity contribution in [3.63, 3.8) is 0 Å². The molecule has 4 aromatic rings. The maximum absolute atomic E-state index is 13.6. The Morgan fingerprint density at radius 1 is 0.900 bits per heavy atom. The van der Waals surface area contributed by atoms with E-state index in [1.165, 1.54) is 4.68 Å². The van der Waals surface area contributed by atoms with Crippen LogP contribution in [0.2, 0.25) is 0 Å². The molecule has 30 heavy (non-hydrogen) atoms. The monoisotopic (exact) mass is 405 g/mol. The van der Waals surface area contributed by atoms with Crippen LogP contribution in [0.25, 0.3) is 27.7 Å². The summed E-state index contributed by atoms with van der Waals surface area (Å²) in [6.07, 6.45) is 1.05. The highest BCUT2D eigenvalue weighted by Crippen LogP contribution is 2.40. The molecule has 1 heterocycles. The van der Waals surface area contributed by atoms with E-state index in [0.29, 0.717) is 23.5 Å². The van der Waals surface area contributed by atoms with Gasteiger partial charge in [0, 0.05) is 11.3 Å². The minimum Gasteiger partial charge on any atom is -0.399 e. The molecule has 0 unspecified atom stereocenters. The quantitative estimate of drug-likeness (QED) is 0.331. The Morgan fingerprint density at radius 2 is 1.63 bits per heavy atom. The molecule has 0 aliphatic heterocycles. The maximum Gasteiger partial charge on any atom is 0.435 e. The lowest BCUT2D eigenvalue weighted by molar-refractivity contribution is -0.141. The normalized spacial score (nSPS) is 13.6. The lowest BCUT2D eigenvalue weighted by atomic mass is 9.86. The van der Waals surface area contributed by atoms with E-state index in [1.807, 2.05) is 24.3 Å². The smallest absolute Gasteiger partial charge is 0.399 e.